The largest absolute Gasteiger partial charge is 0.482 e. The number of ether oxygens (including phenoxy) is 6. The zero-order valence-electron chi connectivity index (χ0n) is 34.7. The van der Waals surface area contributed by atoms with Gasteiger partial charge in [0.1, 0.15) is 28.5 Å². The average molecular weight is 806 g/mol. The fourth-order valence-electron chi connectivity index (χ4n) is 10.5. The van der Waals surface area contributed by atoms with Gasteiger partial charge in [0.05, 0.1) is 37.4 Å². The number of hydrogen-bond donors (Lipinski definition) is 0. The summed E-state index contributed by atoms with van der Waals surface area (Å²) in [5.41, 5.74) is -1.05. The minimum absolute atomic E-state index is 0.0118. The third-order valence-electron chi connectivity index (χ3n) is 13.0. The third kappa shape index (κ3) is 6.61. The van der Waals surface area contributed by atoms with Gasteiger partial charge in [-0.05, 0) is 93.2 Å². The molecule has 12 heteroatoms. The van der Waals surface area contributed by atoms with Crippen molar-refractivity contribution >= 4 is 41.2 Å². The molecule has 4 bridgehead atoms. The standard InChI is InChI=1S/C45H56ClNO10/c1-25(2)11-10-16-43(8)17-15-29-37(55-43)28(13-12-26(3)4)39-33(38(29)54-32(48)24-46)36(49)34-35(47-19-21-53-22-20-47)30-23-31-42(6,7)57-44(40(30)50,45(31,34)56-39)18-14-27(5)41(51)52-9/h11-12,14-15,17,30-31,34-35H,10,13,16,18-24H2,1-9H3/b27-14-. The Morgan fingerprint density at radius 3 is 2.33 bits per heavy atom. The number of alkyl halides is 1. The average Bonchev–Trinajstić information content (AvgIpc) is 3.31. The molecule has 5 fully saturated rings. The van der Waals surface area contributed by atoms with E-state index < -0.39 is 64.0 Å². The Morgan fingerprint density at radius 2 is 1.68 bits per heavy atom. The fourth-order valence-corrected chi connectivity index (χ4v) is 10.5. The minimum atomic E-state index is -1.64. The number of Topliss-reactive ketones (excluding diaryl/α,β-unsaturated/α-hetero) is 2. The lowest BCUT2D eigenvalue weighted by molar-refractivity contribution is -0.216. The highest BCUT2D eigenvalue weighted by molar-refractivity contribution is 6.26. The molecule has 7 atom stereocenters. The molecule has 3 saturated carbocycles. The van der Waals surface area contributed by atoms with E-state index in [1.807, 2.05) is 52.8 Å². The van der Waals surface area contributed by atoms with Crippen molar-refractivity contribution < 1.29 is 47.6 Å². The molecule has 0 amide bonds. The molecule has 1 aromatic carbocycles. The van der Waals surface area contributed by atoms with Crippen LogP contribution in [-0.4, -0.2) is 96.1 Å². The Morgan fingerprint density at radius 1 is 0.982 bits per heavy atom. The van der Waals surface area contributed by atoms with Gasteiger partial charge in [-0.3, -0.25) is 19.3 Å². The number of benzene rings is 1. The van der Waals surface area contributed by atoms with Gasteiger partial charge in [0.2, 0.25) is 0 Å². The predicted molar refractivity (Wildman–Crippen MR) is 215 cm³/mol. The van der Waals surface area contributed by atoms with E-state index in [9.17, 15) is 9.59 Å². The van der Waals surface area contributed by atoms with Gasteiger partial charge in [-0.2, -0.15) is 0 Å². The highest BCUT2D eigenvalue weighted by Gasteiger charge is 2.86. The maximum Gasteiger partial charge on any atom is 0.333 e. The number of methoxy groups -OCH3 is 1. The maximum absolute atomic E-state index is 16.1. The van der Waals surface area contributed by atoms with Gasteiger partial charge in [0, 0.05) is 48.5 Å². The van der Waals surface area contributed by atoms with Gasteiger partial charge in [0.25, 0.3) is 0 Å². The molecule has 1 spiro atoms. The van der Waals surface area contributed by atoms with Gasteiger partial charge >= 0.3 is 11.9 Å². The number of carbonyl (C=O) groups excluding carboxylic acids is 4. The molecule has 4 heterocycles. The normalized spacial score (nSPS) is 32.0. The van der Waals surface area contributed by atoms with Crippen molar-refractivity contribution in [3.63, 3.8) is 0 Å². The summed E-state index contributed by atoms with van der Waals surface area (Å²) in [6.45, 7) is 17.6. The Hall–Kier alpha value is -3.77. The van der Waals surface area contributed by atoms with Gasteiger partial charge in [0.15, 0.2) is 28.5 Å². The fraction of sp³-hybridized carbons (Fsp3) is 0.600. The van der Waals surface area contributed by atoms with Crippen LogP contribution in [0, 0.1) is 17.8 Å². The first-order valence-electron chi connectivity index (χ1n) is 20.1. The number of rotatable bonds is 11. The zero-order chi connectivity index (χ0) is 41.2. The van der Waals surface area contributed by atoms with Crippen molar-refractivity contribution in [2.24, 2.45) is 17.8 Å². The highest BCUT2D eigenvalue weighted by Crippen LogP contribution is 2.71. The van der Waals surface area contributed by atoms with E-state index in [-0.39, 0.29) is 35.0 Å². The van der Waals surface area contributed by atoms with Gasteiger partial charge in [-0.1, -0.05) is 29.4 Å². The van der Waals surface area contributed by atoms with Crippen molar-refractivity contribution in [1.82, 2.24) is 4.90 Å². The maximum atomic E-state index is 16.1. The van der Waals surface area contributed by atoms with Crippen LogP contribution >= 0.6 is 11.6 Å². The molecule has 4 aliphatic heterocycles. The summed E-state index contributed by atoms with van der Waals surface area (Å²) >= 11 is 6.08. The van der Waals surface area contributed by atoms with Gasteiger partial charge in [-0.15, -0.1) is 11.6 Å². The lowest BCUT2D eigenvalue weighted by atomic mass is 9.44. The zero-order valence-corrected chi connectivity index (χ0v) is 35.4. The number of carbonyl (C=O) groups is 4. The minimum Gasteiger partial charge on any atom is -0.482 e. The summed E-state index contributed by atoms with van der Waals surface area (Å²) < 4.78 is 38.6. The van der Waals surface area contributed by atoms with Crippen LogP contribution in [0.5, 0.6) is 17.2 Å². The number of nitrogens with zero attached hydrogens (tertiary/aromatic N) is 1. The molecule has 57 heavy (non-hydrogen) atoms. The third-order valence-corrected chi connectivity index (χ3v) is 13.2. The molecule has 7 aliphatic rings. The van der Waals surface area contributed by atoms with E-state index in [1.165, 1.54) is 12.7 Å². The number of allylic oxidation sites excluding steroid dienone is 4. The topological polar surface area (TPSA) is 127 Å². The molecule has 1 aromatic rings. The second-order valence-electron chi connectivity index (χ2n) is 17.7. The van der Waals surface area contributed by atoms with Crippen LogP contribution in [0.1, 0.15) is 103 Å². The molecule has 8 rings (SSSR count). The number of morpholine rings is 1. The lowest BCUT2D eigenvalue weighted by Gasteiger charge is -2.64. The quantitative estimate of drug-likeness (QED) is 0.0744. The number of esters is 2. The first-order chi connectivity index (χ1) is 26.9. The van der Waals surface area contributed by atoms with Crippen LogP contribution in [0.3, 0.4) is 0 Å². The van der Waals surface area contributed by atoms with Gasteiger partial charge < -0.3 is 28.4 Å². The molecule has 3 aliphatic carbocycles. The van der Waals surface area contributed by atoms with Crippen molar-refractivity contribution in [3.05, 3.63) is 57.7 Å². The van der Waals surface area contributed by atoms with Crippen LogP contribution in [-0.2, 0) is 35.0 Å². The Balaban J connectivity index is 1.53. The van der Waals surface area contributed by atoms with E-state index in [4.69, 9.17) is 40.0 Å². The summed E-state index contributed by atoms with van der Waals surface area (Å²) in [5.74, 6) is -3.35. The Bertz CT molecular complexity index is 2000. The SMILES string of the molecule is COC(=O)/C(C)=C\CC12OC(C)(C)C3CC(C1=O)C(N1CCOCC1)C1C(=O)c4c(OC(=O)CCl)c5c(c(CC=C(C)C)c4OC132)OC(C)(CCC=C(C)C)C=C5. The molecular formula is C45H56ClNO10. The number of ketones is 2. The Kier molecular flexibility index (Phi) is 11.0. The molecule has 2 saturated heterocycles. The van der Waals surface area contributed by atoms with Crippen molar-refractivity contribution in [2.45, 2.75) is 116 Å². The molecule has 0 N–H and O–H groups in total. The first-order valence-corrected chi connectivity index (χ1v) is 20.7. The summed E-state index contributed by atoms with van der Waals surface area (Å²) in [6.07, 6.45) is 11.9. The van der Waals surface area contributed by atoms with E-state index in [0.717, 1.165) is 12.0 Å². The lowest BCUT2D eigenvalue weighted by Crippen LogP contribution is -2.82. The second kappa shape index (κ2) is 15.1. The summed E-state index contributed by atoms with van der Waals surface area (Å²) in [6, 6.07) is -0.548. The van der Waals surface area contributed by atoms with E-state index in [0.29, 0.717) is 68.0 Å². The van der Waals surface area contributed by atoms with Gasteiger partial charge in [-0.25, -0.2) is 4.79 Å². The van der Waals surface area contributed by atoms with Crippen molar-refractivity contribution in [3.8, 4) is 17.2 Å². The number of fused-ring (bicyclic) bond motifs is 2. The van der Waals surface area contributed by atoms with Crippen LogP contribution < -0.4 is 14.2 Å². The van der Waals surface area contributed by atoms with Crippen LogP contribution in [0.4, 0.5) is 0 Å². The molecule has 7 unspecified atom stereocenters. The number of hydrogen-bond acceptors (Lipinski definition) is 11. The predicted octanol–water partition coefficient (Wildman–Crippen LogP) is 7.16. The molecule has 308 valence electrons. The summed E-state index contributed by atoms with van der Waals surface area (Å²) in [5, 5.41) is 0. The van der Waals surface area contributed by atoms with Crippen molar-refractivity contribution in [1.29, 1.82) is 0 Å². The molecule has 0 radical (unpaired) electrons. The Labute approximate surface area is 340 Å². The number of halogens is 1. The second-order valence-corrected chi connectivity index (χ2v) is 17.9. The highest BCUT2D eigenvalue weighted by atomic mass is 35.5. The van der Waals surface area contributed by atoms with Crippen LogP contribution in [0.25, 0.3) is 6.08 Å². The van der Waals surface area contributed by atoms with Crippen molar-refractivity contribution in [2.75, 3.05) is 39.3 Å². The molecule has 0 aromatic heterocycles. The molecule has 11 nitrogen and oxygen atoms in total. The monoisotopic (exact) mass is 805 g/mol. The summed E-state index contributed by atoms with van der Waals surface area (Å²) in [7, 11) is 1.31. The summed E-state index contributed by atoms with van der Waals surface area (Å²) in [4.78, 5) is 59.6. The smallest absolute Gasteiger partial charge is 0.333 e. The molecular weight excluding hydrogens is 750 g/mol. The first kappa shape index (κ1) is 41.4. The van der Waals surface area contributed by atoms with E-state index >= 15 is 9.59 Å². The van der Waals surface area contributed by atoms with Crippen LogP contribution in [0.2, 0.25) is 0 Å². The van der Waals surface area contributed by atoms with E-state index in [1.54, 1.807) is 13.0 Å². The van der Waals surface area contributed by atoms with E-state index in [2.05, 4.69) is 24.8 Å². The van der Waals surface area contributed by atoms with Crippen LogP contribution in [0.15, 0.2) is 41.0 Å².